The number of phenolic OH excluding ortho intramolecular Hbond substituents is 2. The van der Waals surface area contributed by atoms with E-state index >= 15 is 0 Å². The van der Waals surface area contributed by atoms with E-state index in [0.717, 1.165) is 11.1 Å². The van der Waals surface area contributed by atoms with Gasteiger partial charge in [0.25, 0.3) is 11.8 Å². The topological polar surface area (TPSA) is 98.7 Å². The Labute approximate surface area is 177 Å². The van der Waals surface area contributed by atoms with Gasteiger partial charge in [0, 0.05) is 28.9 Å². The molecule has 1 aliphatic rings. The molecule has 0 atom stereocenters. The fourth-order valence-electron chi connectivity index (χ4n) is 3.27. The van der Waals surface area contributed by atoms with E-state index in [1.54, 1.807) is 24.3 Å². The number of benzene rings is 3. The van der Waals surface area contributed by atoms with Gasteiger partial charge in [-0.3, -0.25) is 14.9 Å². The molecule has 3 aromatic rings. The van der Waals surface area contributed by atoms with Gasteiger partial charge < -0.3 is 15.5 Å². The Kier molecular flexibility index (Phi) is 5.16. The lowest BCUT2D eigenvalue weighted by Gasteiger charge is -2.19. The lowest BCUT2D eigenvalue weighted by molar-refractivity contribution is -0.114. The van der Waals surface area contributed by atoms with Crippen molar-refractivity contribution in [3.05, 3.63) is 88.6 Å². The van der Waals surface area contributed by atoms with Crippen LogP contribution in [0.3, 0.4) is 0 Å². The molecule has 1 heterocycles. The molecule has 0 unspecified atom stereocenters. The van der Waals surface area contributed by atoms with Crippen molar-refractivity contribution in [3.8, 4) is 22.6 Å². The quantitative estimate of drug-likeness (QED) is 0.292. The number of hydrogen-bond acceptors (Lipinski definition) is 5. The van der Waals surface area contributed by atoms with Crippen LogP contribution in [0.5, 0.6) is 11.5 Å². The second-order valence-corrected chi connectivity index (χ2v) is 7.25. The third-order valence-electron chi connectivity index (χ3n) is 4.78. The number of amides is 2. The SMILES string of the molecule is O=C1NC(=O)c2ccc(-c3cccc(Cl)c3)cc2C1=CNCc1ccc(O)c(O)c1. The smallest absolute Gasteiger partial charge is 0.260 e. The minimum Gasteiger partial charge on any atom is -0.504 e. The highest BCUT2D eigenvalue weighted by Crippen LogP contribution is 2.30. The summed E-state index contributed by atoms with van der Waals surface area (Å²) in [4.78, 5) is 24.7. The molecule has 150 valence electrons. The molecule has 0 fully saturated rings. The second-order valence-electron chi connectivity index (χ2n) is 6.82. The first kappa shape index (κ1) is 19.5. The zero-order chi connectivity index (χ0) is 21.3. The summed E-state index contributed by atoms with van der Waals surface area (Å²) in [5, 5.41) is 25.0. The molecule has 0 saturated carbocycles. The van der Waals surface area contributed by atoms with Crippen molar-refractivity contribution >= 4 is 29.0 Å². The number of phenols is 2. The minimum atomic E-state index is -0.503. The van der Waals surface area contributed by atoms with Crippen LogP contribution < -0.4 is 10.6 Å². The van der Waals surface area contributed by atoms with E-state index in [0.29, 0.717) is 33.8 Å². The third kappa shape index (κ3) is 3.86. The highest BCUT2D eigenvalue weighted by Gasteiger charge is 2.27. The number of fused-ring (bicyclic) bond motifs is 1. The molecule has 30 heavy (non-hydrogen) atoms. The van der Waals surface area contributed by atoms with E-state index in [1.807, 2.05) is 24.3 Å². The summed E-state index contributed by atoms with van der Waals surface area (Å²) in [6.07, 6.45) is 1.53. The van der Waals surface area contributed by atoms with Crippen LogP contribution in [0.2, 0.25) is 5.02 Å². The molecule has 0 aliphatic carbocycles. The molecule has 4 rings (SSSR count). The molecule has 6 nitrogen and oxygen atoms in total. The summed E-state index contributed by atoms with van der Waals surface area (Å²) in [5.41, 5.74) is 3.64. The number of carbonyl (C=O) groups is 2. The predicted molar refractivity (Wildman–Crippen MR) is 114 cm³/mol. The molecule has 4 N–H and O–H groups in total. The van der Waals surface area contributed by atoms with Gasteiger partial charge in [0.05, 0.1) is 5.57 Å². The first-order chi connectivity index (χ1) is 14.4. The maximum Gasteiger partial charge on any atom is 0.260 e. The lowest BCUT2D eigenvalue weighted by Crippen LogP contribution is -2.37. The molecule has 2 amide bonds. The Bertz CT molecular complexity index is 1200. The third-order valence-corrected chi connectivity index (χ3v) is 5.01. The minimum absolute atomic E-state index is 0.204. The Morgan fingerprint density at radius 3 is 2.43 bits per heavy atom. The molecule has 0 saturated heterocycles. The van der Waals surface area contributed by atoms with Crippen molar-refractivity contribution in [2.45, 2.75) is 6.54 Å². The van der Waals surface area contributed by atoms with E-state index in [2.05, 4.69) is 10.6 Å². The fraction of sp³-hybridized carbons (Fsp3) is 0.0435. The van der Waals surface area contributed by atoms with Crippen molar-refractivity contribution in [3.63, 3.8) is 0 Å². The average Bonchev–Trinajstić information content (AvgIpc) is 2.72. The van der Waals surface area contributed by atoms with Crippen LogP contribution in [0.4, 0.5) is 0 Å². The standard InChI is InChI=1S/C23H17ClN2O4/c24-16-3-1-2-14(9-16)15-5-6-17-18(10-15)19(23(30)26-22(17)29)12-25-11-13-4-7-20(27)21(28)8-13/h1-10,12,25,27-28H,11H2,(H,26,29,30). The Morgan fingerprint density at radius 2 is 1.67 bits per heavy atom. The van der Waals surface area contributed by atoms with Crippen molar-refractivity contribution in [1.82, 2.24) is 10.6 Å². The zero-order valence-corrected chi connectivity index (χ0v) is 16.4. The number of nitrogens with one attached hydrogen (secondary N) is 2. The van der Waals surface area contributed by atoms with E-state index in [4.69, 9.17) is 11.6 Å². The number of halogens is 1. The van der Waals surface area contributed by atoms with Crippen LogP contribution in [-0.2, 0) is 11.3 Å². The van der Waals surface area contributed by atoms with Gasteiger partial charge in [0.1, 0.15) is 0 Å². The van der Waals surface area contributed by atoms with Gasteiger partial charge in [-0.05, 0) is 53.1 Å². The number of rotatable bonds is 4. The van der Waals surface area contributed by atoms with Gasteiger partial charge in [-0.1, -0.05) is 35.9 Å². The van der Waals surface area contributed by atoms with Gasteiger partial charge >= 0.3 is 0 Å². The normalized spacial score (nSPS) is 14.4. The van der Waals surface area contributed by atoms with E-state index in [1.165, 1.54) is 18.3 Å². The lowest BCUT2D eigenvalue weighted by atomic mass is 9.91. The average molecular weight is 421 g/mol. The van der Waals surface area contributed by atoms with Crippen LogP contribution in [0.15, 0.2) is 66.9 Å². The number of aromatic hydroxyl groups is 2. The molecule has 0 radical (unpaired) electrons. The molecule has 0 spiro atoms. The Hall–Kier alpha value is -3.77. The zero-order valence-electron chi connectivity index (χ0n) is 15.6. The van der Waals surface area contributed by atoms with Crippen molar-refractivity contribution in [2.75, 3.05) is 0 Å². The summed E-state index contributed by atoms with van der Waals surface area (Å²) >= 11 is 6.09. The summed E-state index contributed by atoms with van der Waals surface area (Å²) in [6, 6.07) is 17.1. The van der Waals surface area contributed by atoms with Gasteiger partial charge in [-0.15, -0.1) is 0 Å². The molecule has 0 bridgehead atoms. The van der Waals surface area contributed by atoms with E-state index in [-0.39, 0.29) is 11.5 Å². The maximum absolute atomic E-state index is 12.5. The Balaban J connectivity index is 1.67. The number of imide groups is 1. The summed E-state index contributed by atoms with van der Waals surface area (Å²) in [6.45, 7) is 0.307. The molecule has 3 aromatic carbocycles. The molecule has 7 heteroatoms. The van der Waals surface area contributed by atoms with Gasteiger partial charge in [-0.2, -0.15) is 0 Å². The van der Waals surface area contributed by atoms with Gasteiger partial charge in [0.15, 0.2) is 11.5 Å². The Morgan fingerprint density at radius 1 is 0.867 bits per heavy atom. The summed E-state index contributed by atoms with van der Waals surface area (Å²) in [7, 11) is 0. The van der Waals surface area contributed by atoms with Crippen LogP contribution in [0.1, 0.15) is 21.5 Å². The van der Waals surface area contributed by atoms with Crippen molar-refractivity contribution in [2.24, 2.45) is 0 Å². The number of carbonyl (C=O) groups excluding carboxylic acids is 2. The second kappa shape index (κ2) is 7.93. The molecule has 1 aliphatic heterocycles. The van der Waals surface area contributed by atoms with Crippen molar-refractivity contribution in [1.29, 1.82) is 0 Å². The van der Waals surface area contributed by atoms with E-state index < -0.39 is 11.8 Å². The van der Waals surface area contributed by atoms with Crippen LogP contribution in [-0.4, -0.2) is 22.0 Å². The summed E-state index contributed by atoms with van der Waals surface area (Å²) < 4.78 is 0. The van der Waals surface area contributed by atoms with Crippen molar-refractivity contribution < 1.29 is 19.8 Å². The van der Waals surface area contributed by atoms with Gasteiger partial charge in [0.2, 0.25) is 0 Å². The highest BCUT2D eigenvalue weighted by molar-refractivity contribution is 6.31. The first-order valence-corrected chi connectivity index (χ1v) is 9.50. The maximum atomic E-state index is 12.5. The monoisotopic (exact) mass is 420 g/mol. The number of hydrogen-bond donors (Lipinski definition) is 4. The van der Waals surface area contributed by atoms with Gasteiger partial charge in [-0.25, -0.2) is 0 Å². The molecule has 0 aromatic heterocycles. The first-order valence-electron chi connectivity index (χ1n) is 9.13. The van der Waals surface area contributed by atoms with Crippen LogP contribution >= 0.6 is 11.6 Å². The van der Waals surface area contributed by atoms with Crippen LogP contribution in [0.25, 0.3) is 16.7 Å². The molecular weight excluding hydrogens is 404 g/mol. The predicted octanol–water partition coefficient (Wildman–Crippen LogP) is 3.82. The molecular formula is C23H17ClN2O4. The summed E-state index contributed by atoms with van der Waals surface area (Å²) in [5.74, 6) is -1.38. The largest absolute Gasteiger partial charge is 0.504 e. The highest BCUT2D eigenvalue weighted by atomic mass is 35.5. The van der Waals surface area contributed by atoms with E-state index in [9.17, 15) is 19.8 Å². The van der Waals surface area contributed by atoms with Crippen LogP contribution in [0, 0.1) is 0 Å². The fourth-order valence-corrected chi connectivity index (χ4v) is 3.46.